The molecule has 0 saturated carbocycles. The summed E-state index contributed by atoms with van der Waals surface area (Å²) in [5, 5.41) is 4.37. The molecule has 3 aromatic rings. The quantitative estimate of drug-likeness (QED) is 0.556. The Morgan fingerprint density at radius 3 is 2.40 bits per heavy atom. The molecule has 4 nitrogen and oxygen atoms in total. The Labute approximate surface area is 184 Å². The molecule has 5 heteroatoms. The summed E-state index contributed by atoms with van der Waals surface area (Å²) in [6.45, 7) is 11.9. The van der Waals surface area contributed by atoms with E-state index in [-0.39, 0.29) is 12.1 Å². The third-order valence-corrected chi connectivity index (χ3v) is 6.27. The van der Waals surface area contributed by atoms with Crippen molar-refractivity contribution in [1.29, 1.82) is 0 Å². The smallest absolute Gasteiger partial charge is 0.170 e. The van der Waals surface area contributed by atoms with Crippen LogP contribution < -0.4 is 5.32 Å². The number of nitrogens with one attached hydrogen (secondary N) is 1. The highest BCUT2D eigenvalue weighted by Crippen LogP contribution is 2.41. The summed E-state index contributed by atoms with van der Waals surface area (Å²) in [6.07, 6.45) is 2.90. The van der Waals surface area contributed by atoms with Crippen LogP contribution in [0.3, 0.4) is 0 Å². The van der Waals surface area contributed by atoms with Gasteiger partial charge in [0.1, 0.15) is 0 Å². The molecule has 0 radical (unpaired) electrons. The number of aromatic nitrogens is 2. The van der Waals surface area contributed by atoms with Crippen LogP contribution in [0.5, 0.6) is 0 Å². The Morgan fingerprint density at radius 1 is 1.03 bits per heavy atom. The molecule has 1 N–H and O–H groups in total. The van der Waals surface area contributed by atoms with E-state index < -0.39 is 0 Å². The Kier molecular flexibility index (Phi) is 5.65. The van der Waals surface area contributed by atoms with Crippen LogP contribution in [-0.2, 0) is 0 Å². The van der Waals surface area contributed by atoms with Gasteiger partial charge in [-0.15, -0.1) is 0 Å². The predicted molar refractivity (Wildman–Crippen MR) is 127 cm³/mol. The van der Waals surface area contributed by atoms with Crippen LogP contribution in [0.2, 0.25) is 0 Å². The predicted octanol–water partition coefficient (Wildman–Crippen LogP) is 5.49. The lowest BCUT2D eigenvalue weighted by Gasteiger charge is -2.27. The standard InChI is InChI=1S/C25H30N4S/c1-6-11-28-24(23(27-25(28)30)22-9-7-8-10-26-22)21-15-18(4)29(19(21)5)20-13-16(2)12-17(3)14-20/h7-10,12-15,23-24H,6,11H2,1-5H3,(H,27,30)/t23-,24+/m0/s1. The molecule has 0 amide bonds. The van der Waals surface area contributed by atoms with Crippen LogP contribution in [0.4, 0.5) is 0 Å². The maximum Gasteiger partial charge on any atom is 0.170 e. The van der Waals surface area contributed by atoms with E-state index in [4.69, 9.17) is 12.2 Å². The highest BCUT2D eigenvalue weighted by molar-refractivity contribution is 7.80. The average Bonchev–Trinajstić information content (AvgIpc) is 3.18. The Bertz CT molecular complexity index is 1050. The van der Waals surface area contributed by atoms with Crippen molar-refractivity contribution in [2.45, 2.75) is 53.1 Å². The lowest BCUT2D eigenvalue weighted by Crippen LogP contribution is -2.30. The largest absolute Gasteiger partial charge is 0.352 e. The molecule has 1 saturated heterocycles. The molecule has 2 atom stereocenters. The Balaban J connectivity index is 1.85. The van der Waals surface area contributed by atoms with Crippen molar-refractivity contribution >= 4 is 17.3 Å². The van der Waals surface area contributed by atoms with Gasteiger partial charge in [0.05, 0.1) is 17.8 Å². The van der Waals surface area contributed by atoms with E-state index in [0.29, 0.717) is 0 Å². The molecule has 3 heterocycles. The first-order chi connectivity index (χ1) is 14.4. The van der Waals surface area contributed by atoms with Crippen molar-refractivity contribution in [2.24, 2.45) is 0 Å². The third-order valence-electron chi connectivity index (χ3n) is 5.92. The summed E-state index contributed by atoms with van der Waals surface area (Å²) >= 11 is 5.75. The van der Waals surface area contributed by atoms with Crippen molar-refractivity contribution in [2.75, 3.05) is 6.54 Å². The monoisotopic (exact) mass is 418 g/mol. The zero-order chi connectivity index (χ0) is 21.4. The van der Waals surface area contributed by atoms with Gasteiger partial charge in [-0.3, -0.25) is 4.98 Å². The van der Waals surface area contributed by atoms with Gasteiger partial charge in [-0.1, -0.05) is 19.1 Å². The molecular weight excluding hydrogens is 388 g/mol. The first kappa shape index (κ1) is 20.6. The maximum atomic E-state index is 5.75. The molecule has 1 fully saturated rings. The number of aryl methyl sites for hydroxylation is 3. The maximum absolute atomic E-state index is 5.75. The van der Waals surface area contributed by atoms with Crippen molar-refractivity contribution in [3.63, 3.8) is 0 Å². The fourth-order valence-corrected chi connectivity index (χ4v) is 5.12. The van der Waals surface area contributed by atoms with Gasteiger partial charge in [0.15, 0.2) is 5.11 Å². The van der Waals surface area contributed by atoms with Gasteiger partial charge >= 0.3 is 0 Å². The lowest BCUT2D eigenvalue weighted by atomic mass is 9.96. The molecule has 0 aliphatic carbocycles. The minimum Gasteiger partial charge on any atom is -0.352 e. The van der Waals surface area contributed by atoms with Crippen LogP contribution in [-0.4, -0.2) is 26.1 Å². The van der Waals surface area contributed by atoms with E-state index in [2.05, 4.69) is 84.7 Å². The van der Waals surface area contributed by atoms with Crippen LogP contribution in [0.1, 0.15) is 59.2 Å². The third kappa shape index (κ3) is 3.63. The van der Waals surface area contributed by atoms with Gasteiger partial charge in [-0.25, -0.2) is 0 Å². The van der Waals surface area contributed by atoms with Gasteiger partial charge in [-0.2, -0.15) is 0 Å². The molecule has 156 valence electrons. The second-order valence-corrected chi connectivity index (χ2v) is 8.71. The molecular formula is C25H30N4S. The fourth-order valence-electron chi connectivity index (χ4n) is 4.79. The molecule has 2 aromatic heterocycles. The summed E-state index contributed by atoms with van der Waals surface area (Å²) in [5.41, 5.74) is 8.61. The number of nitrogens with zero attached hydrogens (tertiary/aromatic N) is 3. The van der Waals surface area contributed by atoms with Crippen LogP contribution in [0, 0.1) is 27.7 Å². The lowest BCUT2D eigenvalue weighted by molar-refractivity contribution is 0.316. The zero-order valence-electron chi connectivity index (χ0n) is 18.4. The molecule has 4 rings (SSSR count). The van der Waals surface area contributed by atoms with E-state index in [1.54, 1.807) is 0 Å². The van der Waals surface area contributed by atoms with Gasteiger partial charge in [-0.05, 0) is 93.4 Å². The molecule has 30 heavy (non-hydrogen) atoms. The normalized spacial score (nSPS) is 18.7. The van der Waals surface area contributed by atoms with E-state index >= 15 is 0 Å². The summed E-state index contributed by atoms with van der Waals surface area (Å²) in [6, 6.07) is 15.3. The average molecular weight is 419 g/mol. The second-order valence-electron chi connectivity index (χ2n) is 8.33. The number of rotatable bonds is 5. The number of hydrogen-bond acceptors (Lipinski definition) is 2. The molecule has 0 unspecified atom stereocenters. The van der Waals surface area contributed by atoms with Gasteiger partial charge < -0.3 is 14.8 Å². The summed E-state index contributed by atoms with van der Waals surface area (Å²) in [4.78, 5) is 6.99. The van der Waals surface area contributed by atoms with Crippen molar-refractivity contribution < 1.29 is 0 Å². The van der Waals surface area contributed by atoms with Crippen molar-refractivity contribution in [3.05, 3.63) is 82.4 Å². The highest BCUT2D eigenvalue weighted by atomic mass is 32.1. The first-order valence-electron chi connectivity index (χ1n) is 10.7. The zero-order valence-corrected chi connectivity index (χ0v) is 19.3. The van der Waals surface area contributed by atoms with Gasteiger partial charge in [0.2, 0.25) is 0 Å². The highest BCUT2D eigenvalue weighted by Gasteiger charge is 2.40. The van der Waals surface area contributed by atoms with E-state index in [9.17, 15) is 0 Å². The first-order valence-corrected chi connectivity index (χ1v) is 11.1. The van der Waals surface area contributed by atoms with Gasteiger partial charge in [0, 0.05) is 29.8 Å². The summed E-state index contributed by atoms with van der Waals surface area (Å²) < 4.78 is 2.37. The topological polar surface area (TPSA) is 33.1 Å². The van der Waals surface area contributed by atoms with E-state index in [1.807, 2.05) is 18.3 Å². The van der Waals surface area contributed by atoms with E-state index in [0.717, 1.165) is 23.8 Å². The Hall–Kier alpha value is -2.66. The second kappa shape index (κ2) is 8.23. The fraction of sp³-hybridized carbons (Fsp3) is 0.360. The Morgan fingerprint density at radius 2 is 1.77 bits per heavy atom. The van der Waals surface area contributed by atoms with Crippen LogP contribution in [0.15, 0.2) is 48.7 Å². The molecule has 1 aliphatic heterocycles. The minimum absolute atomic E-state index is 0.0402. The van der Waals surface area contributed by atoms with Crippen molar-refractivity contribution in [1.82, 2.24) is 19.8 Å². The number of benzene rings is 1. The van der Waals surface area contributed by atoms with Crippen LogP contribution >= 0.6 is 12.2 Å². The van der Waals surface area contributed by atoms with Crippen LogP contribution in [0.25, 0.3) is 5.69 Å². The van der Waals surface area contributed by atoms with Crippen molar-refractivity contribution in [3.8, 4) is 5.69 Å². The molecule has 0 spiro atoms. The van der Waals surface area contributed by atoms with Gasteiger partial charge in [0.25, 0.3) is 0 Å². The molecule has 0 bridgehead atoms. The summed E-state index contributed by atoms with van der Waals surface area (Å²) in [7, 11) is 0. The number of thiocarbonyl (C=S) groups is 1. The SMILES string of the molecule is CCCN1C(=S)N[C@@H](c2ccccn2)[C@H]1c1cc(C)n(-c2cc(C)cc(C)c2)c1C. The minimum atomic E-state index is 0.0402. The molecule has 1 aromatic carbocycles. The number of pyridine rings is 1. The number of hydrogen-bond donors (Lipinski definition) is 1. The molecule has 1 aliphatic rings. The summed E-state index contributed by atoms with van der Waals surface area (Å²) in [5.74, 6) is 0. The van der Waals surface area contributed by atoms with E-state index in [1.165, 1.54) is 33.8 Å².